The van der Waals surface area contributed by atoms with Gasteiger partial charge in [-0.1, -0.05) is 42.5 Å². The Morgan fingerprint density at radius 3 is 2.12 bits per heavy atom. The highest BCUT2D eigenvalue weighted by atomic mass is 32.2. The molecule has 0 spiro atoms. The van der Waals surface area contributed by atoms with Crippen LogP contribution in [0.3, 0.4) is 0 Å². The first kappa shape index (κ1) is 25.4. The largest absolute Gasteiger partial charge is 0.497 e. The molecule has 2 aromatic rings. The highest BCUT2D eigenvalue weighted by Gasteiger charge is 2.29. The van der Waals surface area contributed by atoms with Gasteiger partial charge in [0.05, 0.1) is 19.9 Å². The average Bonchev–Trinajstić information content (AvgIpc) is 2.77. The zero-order valence-corrected chi connectivity index (χ0v) is 19.8. The lowest BCUT2D eigenvalue weighted by molar-refractivity contribution is -0.140. The van der Waals surface area contributed by atoms with E-state index >= 15 is 0 Å². The number of rotatable bonds is 11. The Labute approximate surface area is 190 Å². The molecule has 0 saturated heterocycles. The molecule has 8 nitrogen and oxygen atoms in total. The van der Waals surface area contributed by atoms with E-state index in [0.717, 1.165) is 21.7 Å². The van der Waals surface area contributed by atoms with Crippen molar-refractivity contribution in [3.63, 3.8) is 0 Å². The first-order valence-corrected chi connectivity index (χ1v) is 12.2. The van der Waals surface area contributed by atoms with Crippen LogP contribution in [0.1, 0.15) is 25.0 Å². The Kier molecular flexibility index (Phi) is 9.22. The molecular formula is C23H31N3O5S. The van der Waals surface area contributed by atoms with Gasteiger partial charge in [0, 0.05) is 19.6 Å². The predicted octanol–water partition coefficient (Wildman–Crippen LogP) is 2.01. The van der Waals surface area contributed by atoms with E-state index in [0.29, 0.717) is 12.3 Å². The van der Waals surface area contributed by atoms with E-state index in [9.17, 15) is 18.0 Å². The summed E-state index contributed by atoms with van der Waals surface area (Å²) in [5.41, 5.74) is 1.56. The van der Waals surface area contributed by atoms with Gasteiger partial charge in [0.15, 0.2) is 0 Å². The summed E-state index contributed by atoms with van der Waals surface area (Å²) in [4.78, 5) is 27.2. The molecule has 0 aliphatic rings. The van der Waals surface area contributed by atoms with Gasteiger partial charge in [0.1, 0.15) is 11.8 Å². The summed E-state index contributed by atoms with van der Waals surface area (Å²) >= 11 is 0. The maximum absolute atomic E-state index is 13.3. The molecule has 2 amide bonds. The van der Waals surface area contributed by atoms with E-state index in [-0.39, 0.29) is 25.5 Å². The molecular weight excluding hydrogens is 430 g/mol. The number of hydrogen-bond acceptors (Lipinski definition) is 5. The van der Waals surface area contributed by atoms with Crippen LogP contribution < -0.4 is 10.1 Å². The maximum atomic E-state index is 13.3. The number of likely N-dealkylation sites (N-methyl/N-ethyl adjacent to an activating group) is 1. The molecule has 0 fully saturated rings. The van der Waals surface area contributed by atoms with Crippen molar-refractivity contribution in [3.8, 4) is 5.75 Å². The van der Waals surface area contributed by atoms with Gasteiger partial charge in [-0.2, -0.15) is 4.31 Å². The lowest BCUT2D eigenvalue weighted by Gasteiger charge is -2.31. The molecule has 9 heteroatoms. The molecule has 0 radical (unpaired) electrons. The number of nitrogens with zero attached hydrogens (tertiary/aromatic N) is 2. The lowest BCUT2D eigenvalue weighted by Crippen LogP contribution is -2.50. The summed E-state index contributed by atoms with van der Waals surface area (Å²) < 4.78 is 31.1. The van der Waals surface area contributed by atoms with Gasteiger partial charge >= 0.3 is 0 Å². The monoisotopic (exact) mass is 461 g/mol. The van der Waals surface area contributed by atoms with Gasteiger partial charge in [-0.15, -0.1) is 0 Å². The third-order valence-electron chi connectivity index (χ3n) is 5.01. The number of amides is 2. The van der Waals surface area contributed by atoms with Crippen molar-refractivity contribution in [3.05, 3.63) is 65.7 Å². The normalized spacial score (nSPS) is 12.3. The molecule has 1 unspecified atom stereocenters. The van der Waals surface area contributed by atoms with Crippen LogP contribution in [-0.2, 0) is 32.7 Å². The predicted molar refractivity (Wildman–Crippen MR) is 123 cm³/mol. The summed E-state index contributed by atoms with van der Waals surface area (Å²) in [5, 5.41) is 2.72. The fraction of sp³-hybridized carbons (Fsp3) is 0.391. The lowest BCUT2D eigenvalue weighted by atomic mass is 10.1. The van der Waals surface area contributed by atoms with Crippen LogP contribution in [0.4, 0.5) is 0 Å². The highest BCUT2D eigenvalue weighted by Crippen LogP contribution is 2.16. The summed E-state index contributed by atoms with van der Waals surface area (Å²) in [7, 11) is -2.10. The minimum atomic E-state index is -3.66. The van der Waals surface area contributed by atoms with Crippen LogP contribution in [0.2, 0.25) is 0 Å². The smallest absolute Gasteiger partial charge is 0.242 e. The topological polar surface area (TPSA) is 96.0 Å². The van der Waals surface area contributed by atoms with Crippen LogP contribution in [0.5, 0.6) is 5.75 Å². The quantitative estimate of drug-likeness (QED) is 0.552. The number of carbonyl (C=O) groups is 2. The third kappa shape index (κ3) is 7.35. The van der Waals surface area contributed by atoms with Crippen LogP contribution >= 0.6 is 0 Å². The van der Waals surface area contributed by atoms with Crippen LogP contribution in [0, 0.1) is 0 Å². The second kappa shape index (κ2) is 11.6. The Balaban J connectivity index is 2.28. The third-order valence-corrected chi connectivity index (χ3v) is 6.21. The zero-order valence-electron chi connectivity index (χ0n) is 18.9. The average molecular weight is 462 g/mol. The van der Waals surface area contributed by atoms with Crippen molar-refractivity contribution in [1.82, 2.24) is 14.5 Å². The molecule has 32 heavy (non-hydrogen) atoms. The number of sulfonamides is 1. The molecule has 0 saturated carbocycles. The Bertz CT molecular complexity index is 994. The first-order valence-electron chi connectivity index (χ1n) is 10.3. The molecule has 1 atom stereocenters. The molecule has 0 bridgehead atoms. The van der Waals surface area contributed by atoms with Gasteiger partial charge < -0.3 is 15.0 Å². The van der Waals surface area contributed by atoms with Crippen molar-refractivity contribution in [2.45, 2.75) is 33.0 Å². The number of carbonyl (C=O) groups excluding carboxylic acids is 2. The Morgan fingerprint density at radius 1 is 1.00 bits per heavy atom. The zero-order chi connectivity index (χ0) is 23.7. The molecule has 2 rings (SSSR count). The van der Waals surface area contributed by atoms with E-state index in [1.807, 2.05) is 30.3 Å². The van der Waals surface area contributed by atoms with E-state index in [4.69, 9.17) is 4.74 Å². The summed E-state index contributed by atoms with van der Waals surface area (Å²) in [5.74, 6) is -0.0845. The van der Waals surface area contributed by atoms with Crippen molar-refractivity contribution >= 4 is 21.8 Å². The van der Waals surface area contributed by atoms with Gasteiger partial charge in [-0.05, 0) is 37.1 Å². The van der Waals surface area contributed by atoms with Gasteiger partial charge in [0.2, 0.25) is 21.8 Å². The first-order chi connectivity index (χ1) is 15.2. The van der Waals surface area contributed by atoms with E-state index < -0.39 is 22.0 Å². The summed E-state index contributed by atoms with van der Waals surface area (Å²) in [6.07, 6.45) is 1.07. The molecule has 2 aromatic carbocycles. The molecule has 0 heterocycles. The number of methoxy groups -OCH3 is 1. The number of nitrogens with one attached hydrogen (secondary N) is 1. The summed E-state index contributed by atoms with van der Waals surface area (Å²) in [6.45, 7) is 3.71. The minimum Gasteiger partial charge on any atom is -0.497 e. The maximum Gasteiger partial charge on any atom is 0.242 e. The molecule has 1 N–H and O–H groups in total. The van der Waals surface area contributed by atoms with Gasteiger partial charge in [-0.25, -0.2) is 8.42 Å². The van der Waals surface area contributed by atoms with E-state index in [1.54, 1.807) is 45.2 Å². The second-order valence-corrected chi connectivity index (χ2v) is 9.44. The molecule has 0 aliphatic heterocycles. The second-order valence-electron chi connectivity index (χ2n) is 7.46. The number of benzene rings is 2. The molecule has 174 valence electrons. The van der Waals surface area contributed by atoms with Crippen molar-refractivity contribution in [2.75, 3.05) is 26.5 Å². The van der Waals surface area contributed by atoms with Crippen LogP contribution in [0.15, 0.2) is 54.6 Å². The van der Waals surface area contributed by atoms with Crippen LogP contribution in [-0.4, -0.2) is 61.9 Å². The van der Waals surface area contributed by atoms with Crippen molar-refractivity contribution in [2.24, 2.45) is 0 Å². The summed E-state index contributed by atoms with van der Waals surface area (Å²) in [6, 6.07) is 15.4. The Morgan fingerprint density at radius 2 is 1.59 bits per heavy atom. The standard InChI is InChI=1S/C23H31N3O5S/c1-5-24-23(28)18(2)26(16-20-11-13-21(31-3)14-12-20)22(27)17-25(32(4,29)30)15-19-9-7-6-8-10-19/h6-14,18H,5,15-17H2,1-4H3,(H,24,28). The van der Waals surface area contributed by atoms with Gasteiger partial charge in [0.25, 0.3) is 0 Å². The molecule has 0 aromatic heterocycles. The van der Waals surface area contributed by atoms with E-state index in [1.165, 1.54) is 4.90 Å². The Hall–Kier alpha value is -2.91. The number of ether oxygens (including phenoxy) is 1. The number of hydrogen-bond donors (Lipinski definition) is 1. The van der Waals surface area contributed by atoms with Crippen LogP contribution in [0.25, 0.3) is 0 Å². The fourth-order valence-corrected chi connectivity index (χ4v) is 3.88. The highest BCUT2D eigenvalue weighted by molar-refractivity contribution is 7.88. The van der Waals surface area contributed by atoms with E-state index in [2.05, 4.69) is 5.32 Å². The fourth-order valence-electron chi connectivity index (χ4n) is 3.15. The van der Waals surface area contributed by atoms with Gasteiger partial charge in [-0.3, -0.25) is 9.59 Å². The van der Waals surface area contributed by atoms with Crippen molar-refractivity contribution < 1.29 is 22.7 Å². The SMILES string of the molecule is CCNC(=O)C(C)N(Cc1ccc(OC)cc1)C(=O)CN(Cc1ccccc1)S(C)(=O)=O. The van der Waals surface area contributed by atoms with Crippen molar-refractivity contribution in [1.29, 1.82) is 0 Å². The minimum absolute atomic E-state index is 0.0668. The molecule has 0 aliphatic carbocycles.